The molecule has 2 aromatic rings. The van der Waals surface area contributed by atoms with Crippen LogP contribution in [0.25, 0.3) is 0 Å². The van der Waals surface area contributed by atoms with Crippen LogP contribution in [-0.2, 0) is 0 Å². The van der Waals surface area contributed by atoms with E-state index in [0.29, 0.717) is 11.6 Å². The van der Waals surface area contributed by atoms with Gasteiger partial charge in [-0.15, -0.1) is 10.2 Å². The lowest BCUT2D eigenvalue weighted by atomic mass is 10.3. The van der Waals surface area contributed by atoms with Gasteiger partial charge in [-0.3, -0.25) is 4.79 Å². The van der Waals surface area contributed by atoms with Crippen LogP contribution in [0, 0.1) is 0 Å². The molecular weight excluding hydrogens is 268 g/mol. The zero-order valence-corrected chi connectivity index (χ0v) is 12.3. The first-order valence-electron chi connectivity index (χ1n) is 6.65. The number of para-hydroxylation sites is 2. The van der Waals surface area contributed by atoms with Crippen molar-refractivity contribution in [2.45, 2.75) is 19.9 Å². The number of amides is 1. The van der Waals surface area contributed by atoms with E-state index in [4.69, 9.17) is 4.74 Å². The molecular formula is C15H18N4O2. The minimum Gasteiger partial charge on any atom is -0.495 e. The van der Waals surface area contributed by atoms with Gasteiger partial charge in [0.2, 0.25) is 0 Å². The third-order valence-corrected chi connectivity index (χ3v) is 2.69. The van der Waals surface area contributed by atoms with Gasteiger partial charge in [-0.2, -0.15) is 0 Å². The summed E-state index contributed by atoms with van der Waals surface area (Å²) in [6.07, 6.45) is 0. The SMILES string of the molecule is COc1ccccc1Nc1ccc(C(=O)NC(C)C)nn1. The number of ether oxygens (including phenoxy) is 1. The van der Waals surface area contributed by atoms with Crippen LogP contribution in [0.15, 0.2) is 36.4 Å². The Labute approximate surface area is 123 Å². The van der Waals surface area contributed by atoms with Gasteiger partial charge in [-0.25, -0.2) is 0 Å². The molecule has 0 spiro atoms. The summed E-state index contributed by atoms with van der Waals surface area (Å²) < 4.78 is 5.25. The van der Waals surface area contributed by atoms with Gasteiger partial charge in [0, 0.05) is 6.04 Å². The smallest absolute Gasteiger partial charge is 0.271 e. The monoisotopic (exact) mass is 286 g/mol. The van der Waals surface area contributed by atoms with Crippen molar-refractivity contribution >= 4 is 17.4 Å². The summed E-state index contributed by atoms with van der Waals surface area (Å²) in [6.45, 7) is 3.78. The Hall–Kier alpha value is -2.63. The van der Waals surface area contributed by atoms with E-state index in [2.05, 4.69) is 20.8 Å². The number of benzene rings is 1. The zero-order valence-electron chi connectivity index (χ0n) is 12.3. The van der Waals surface area contributed by atoms with Crippen molar-refractivity contribution in [2.75, 3.05) is 12.4 Å². The number of aromatic nitrogens is 2. The predicted octanol–water partition coefficient (Wildman–Crippen LogP) is 2.37. The highest BCUT2D eigenvalue weighted by Gasteiger charge is 2.09. The van der Waals surface area contributed by atoms with Gasteiger partial charge in [0.25, 0.3) is 5.91 Å². The summed E-state index contributed by atoms with van der Waals surface area (Å²) in [5.41, 5.74) is 1.07. The molecule has 6 heteroatoms. The minimum absolute atomic E-state index is 0.0608. The molecule has 1 heterocycles. The Morgan fingerprint density at radius 1 is 1.14 bits per heavy atom. The van der Waals surface area contributed by atoms with Crippen molar-refractivity contribution < 1.29 is 9.53 Å². The van der Waals surface area contributed by atoms with Gasteiger partial charge in [0.1, 0.15) is 5.75 Å². The Morgan fingerprint density at radius 3 is 2.52 bits per heavy atom. The summed E-state index contributed by atoms with van der Waals surface area (Å²) in [5, 5.41) is 13.8. The topological polar surface area (TPSA) is 76.1 Å². The van der Waals surface area contributed by atoms with E-state index < -0.39 is 0 Å². The number of carbonyl (C=O) groups is 1. The maximum Gasteiger partial charge on any atom is 0.271 e. The molecule has 0 aliphatic heterocycles. The molecule has 1 amide bonds. The maximum absolute atomic E-state index is 11.8. The molecule has 0 radical (unpaired) electrons. The summed E-state index contributed by atoms with van der Waals surface area (Å²) in [7, 11) is 1.60. The lowest BCUT2D eigenvalue weighted by Crippen LogP contribution is -2.30. The van der Waals surface area contributed by atoms with Gasteiger partial charge in [0.05, 0.1) is 12.8 Å². The fraction of sp³-hybridized carbons (Fsp3) is 0.267. The highest BCUT2D eigenvalue weighted by Crippen LogP contribution is 2.25. The van der Waals surface area contributed by atoms with Crippen LogP contribution in [0.1, 0.15) is 24.3 Å². The van der Waals surface area contributed by atoms with E-state index in [1.54, 1.807) is 19.2 Å². The predicted molar refractivity (Wildman–Crippen MR) is 80.9 cm³/mol. The van der Waals surface area contributed by atoms with Gasteiger partial charge < -0.3 is 15.4 Å². The van der Waals surface area contributed by atoms with E-state index in [1.807, 2.05) is 38.1 Å². The number of hydrogen-bond donors (Lipinski definition) is 2. The molecule has 0 saturated carbocycles. The summed E-state index contributed by atoms with van der Waals surface area (Å²) in [6, 6.07) is 10.9. The fourth-order valence-corrected chi connectivity index (χ4v) is 1.74. The second-order valence-electron chi connectivity index (χ2n) is 4.76. The first kappa shape index (κ1) is 14.8. The van der Waals surface area contributed by atoms with Crippen LogP contribution in [0.4, 0.5) is 11.5 Å². The highest BCUT2D eigenvalue weighted by molar-refractivity contribution is 5.92. The third-order valence-electron chi connectivity index (χ3n) is 2.69. The number of nitrogens with one attached hydrogen (secondary N) is 2. The molecule has 0 bridgehead atoms. The van der Waals surface area contributed by atoms with E-state index in [0.717, 1.165) is 5.69 Å². The summed E-state index contributed by atoms with van der Waals surface area (Å²) in [4.78, 5) is 11.8. The Morgan fingerprint density at radius 2 is 1.90 bits per heavy atom. The van der Waals surface area contributed by atoms with E-state index in [9.17, 15) is 4.79 Å². The summed E-state index contributed by atoms with van der Waals surface area (Å²) >= 11 is 0. The molecule has 2 rings (SSSR count). The van der Waals surface area contributed by atoms with Crippen molar-refractivity contribution in [1.82, 2.24) is 15.5 Å². The number of rotatable bonds is 5. The molecule has 6 nitrogen and oxygen atoms in total. The molecule has 0 unspecified atom stereocenters. The second kappa shape index (κ2) is 6.69. The van der Waals surface area contributed by atoms with Crippen LogP contribution in [0.3, 0.4) is 0 Å². The van der Waals surface area contributed by atoms with Crippen molar-refractivity contribution in [3.8, 4) is 5.75 Å². The summed E-state index contributed by atoms with van der Waals surface area (Å²) in [5.74, 6) is 1.02. The van der Waals surface area contributed by atoms with Crippen molar-refractivity contribution in [3.05, 3.63) is 42.1 Å². The first-order chi connectivity index (χ1) is 10.1. The Balaban J connectivity index is 2.11. The van der Waals surface area contributed by atoms with Gasteiger partial charge in [-0.1, -0.05) is 12.1 Å². The van der Waals surface area contributed by atoms with Gasteiger partial charge in [-0.05, 0) is 38.1 Å². The number of anilines is 2. The van der Waals surface area contributed by atoms with E-state index in [-0.39, 0.29) is 17.6 Å². The molecule has 2 N–H and O–H groups in total. The van der Waals surface area contributed by atoms with Crippen molar-refractivity contribution in [2.24, 2.45) is 0 Å². The maximum atomic E-state index is 11.8. The number of carbonyl (C=O) groups excluding carboxylic acids is 1. The molecule has 0 aliphatic rings. The van der Waals surface area contributed by atoms with E-state index >= 15 is 0 Å². The van der Waals surface area contributed by atoms with Crippen LogP contribution in [0.5, 0.6) is 5.75 Å². The molecule has 110 valence electrons. The quantitative estimate of drug-likeness (QED) is 0.882. The third kappa shape index (κ3) is 3.92. The van der Waals surface area contributed by atoms with E-state index in [1.165, 1.54) is 0 Å². The molecule has 21 heavy (non-hydrogen) atoms. The lowest BCUT2D eigenvalue weighted by molar-refractivity contribution is 0.0937. The fourth-order valence-electron chi connectivity index (χ4n) is 1.74. The molecule has 0 atom stereocenters. The average Bonchev–Trinajstić information content (AvgIpc) is 2.48. The molecule has 0 fully saturated rings. The minimum atomic E-state index is -0.235. The van der Waals surface area contributed by atoms with Crippen molar-refractivity contribution in [1.29, 1.82) is 0 Å². The molecule has 0 aliphatic carbocycles. The zero-order chi connectivity index (χ0) is 15.2. The standard InChI is InChI=1S/C15H18N4O2/c1-10(2)16-15(20)12-8-9-14(19-18-12)17-11-6-4-5-7-13(11)21-3/h4-10H,1-3H3,(H,16,20)(H,17,19). The molecule has 1 aromatic heterocycles. The van der Waals surface area contributed by atoms with Crippen LogP contribution in [-0.4, -0.2) is 29.3 Å². The second-order valence-corrected chi connectivity index (χ2v) is 4.76. The van der Waals surface area contributed by atoms with Gasteiger partial charge >= 0.3 is 0 Å². The Bertz CT molecular complexity index is 611. The van der Waals surface area contributed by atoms with Crippen molar-refractivity contribution in [3.63, 3.8) is 0 Å². The molecule has 0 saturated heterocycles. The largest absolute Gasteiger partial charge is 0.495 e. The average molecular weight is 286 g/mol. The molecule has 1 aromatic carbocycles. The number of hydrogen-bond acceptors (Lipinski definition) is 5. The number of methoxy groups -OCH3 is 1. The lowest BCUT2D eigenvalue weighted by Gasteiger charge is -2.10. The Kier molecular flexibility index (Phi) is 4.71. The normalized spacial score (nSPS) is 10.3. The van der Waals surface area contributed by atoms with Crippen LogP contribution >= 0.6 is 0 Å². The first-order valence-corrected chi connectivity index (χ1v) is 6.65. The van der Waals surface area contributed by atoms with Crippen LogP contribution in [0.2, 0.25) is 0 Å². The van der Waals surface area contributed by atoms with Crippen LogP contribution < -0.4 is 15.4 Å². The highest BCUT2D eigenvalue weighted by atomic mass is 16.5. The number of nitrogens with zero attached hydrogens (tertiary/aromatic N) is 2. The van der Waals surface area contributed by atoms with Gasteiger partial charge in [0.15, 0.2) is 11.5 Å².